The number of hydrogen-bond donors (Lipinski definition) is 8. The van der Waals surface area contributed by atoms with Gasteiger partial charge in [-0.1, -0.05) is 113 Å². The topological polar surface area (TPSA) is 262 Å². The lowest BCUT2D eigenvalue weighted by molar-refractivity contribution is -0.155. The molecule has 0 amide bonds. The van der Waals surface area contributed by atoms with Crippen molar-refractivity contribution in [3.63, 3.8) is 0 Å². The first-order valence-electron chi connectivity index (χ1n) is 23.3. The number of hydrogen-bond acceptors (Lipinski definition) is 14. The van der Waals surface area contributed by atoms with Crippen LogP contribution < -0.4 is 5.73 Å². The fourth-order valence-corrected chi connectivity index (χ4v) is 7.72. The molecule has 0 saturated heterocycles. The van der Waals surface area contributed by atoms with Gasteiger partial charge in [0.2, 0.25) is 0 Å². The van der Waals surface area contributed by atoms with E-state index in [0.29, 0.717) is 17.7 Å². The number of allylic oxidation sites excluding steroid dienone is 12. The van der Waals surface area contributed by atoms with Gasteiger partial charge >= 0.3 is 5.97 Å². The van der Waals surface area contributed by atoms with Gasteiger partial charge in [0.05, 0.1) is 42.7 Å². The molecule has 9 N–H and O–H groups in total. The highest BCUT2D eigenvalue weighted by Crippen LogP contribution is 2.28. The maximum Gasteiger partial charge on any atom is 0.313 e. The molecule has 2 rings (SSSR count). The summed E-state index contributed by atoms with van der Waals surface area (Å²) in [5.41, 5.74) is 6.70. The number of carbonyl (C=O) groups excluding carboxylic acids is 5. The second kappa shape index (κ2) is 31.9. The number of Topliss-reactive ketones (excluding diaryl/α,β-unsaturated/α-hetero) is 4. The molecule has 12 atom stereocenters. The number of ether oxygens (including phenoxy) is 1. The molecule has 0 fully saturated rings. The molecule has 0 aliphatic carbocycles. The van der Waals surface area contributed by atoms with Crippen LogP contribution in [0.2, 0.25) is 0 Å². The number of ketones is 4. The standard InChI is InChI=1S/C53H75NO13/c1-35-18-15-13-11-9-7-5-6-8-10-12-14-16-19-42(56)31-49(63)38(4)50(64)32-47(61)30-46(60)29-45(59)28-44(58)27-41(55)20-17-21-43(57)33-52(66)67-53(35)37(3)26-36(2)48(62)34-51(65)39-22-24-40(54)25-23-39/h5-16,18-19,22-25,35-38,42,44-46,48-50,53,56,58-60,62-64H,17,20-21,26-34,54H2,1-4H3/b6-5+,9-7+,10-8+,13-11+,14-12+,18-15+,19-16+/t35-,36?,37?,38?,42+,44+,45+,46+,48+,49?,50?,53?/m0/s1. The molecule has 0 radical (unpaired) electrons. The Hall–Kier alpha value is -4.93. The Balaban J connectivity index is 2.18. The second-order valence-electron chi connectivity index (χ2n) is 18.0. The lowest BCUT2D eigenvalue weighted by Crippen LogP contribution is -2.34. The average molecular weight is 934 g/mol. The van der Waals surface area contributed by atoms with Crippen LogP contribution in [-0.2, 0) is 23.9 Å². The third kappa shape index (κ3) is 25.1. The van der Waals surface area contributed by atoms with Crippen molar-refractivity contribution in [3.8, 4) is 0 Å². The van der Waals surface area contributed by atoms with Gasteiger partial charge in [0.15, 0.2) is 5.78 Å². The highest BCUT2D eigenvalue weighted by atomic mass is 16.5. The first kappa shape index (κ1) is 58.2. The summed E-state index contributed by atoms with van der Waals surface area (Å²) < 4.78 is 5.93. The Bertz CT molecular complexity index is 1900. The fourth-order valence-electron chi connectivity index (χ4n) is 7.72. The van der Waals surface area contributed by atoms with Gasteiger partial charge in [0, 0.05) is 68.0 Å². The van der Waals surface area contributed by atoms with Crippen LogP contribution in [0.3, 0.4) is 0 Å². The molecule has 1 heterocycles. The van der Waals surface area contributed by atoms with Crippen LogP contribution in [0.15, 0.2) is 109 Å². The minimum Gasteiger partial charge on any atom is -0.461 e. The van der Waals surface area contributed by atoms with E-state index < -0.39 is 85.1 Å². The summed E-state index contributed by atoms with van der Waals surface area (Å²) in [6.07, 6.45) is 14.0. The fraction of sp³-hybridized carbons (Fsp3) is 0.528. The number of esters is 1. The number of nitrogens with two attached hydrogens (primary N) is 1. The van der Waals surface area contributed by atoms with Gasteiger partial charge in [-0.15, -0.1) is 0 Å². The van der Waals surface area contributed by atoms with E-state index in [2.05, 4.69) is 0 Å². The zero-order chi connectivity index (χ0) is 49.9. The van der Waals surface area contributed by atoms with Crippen LogP contribution in [-0.4, -0.2) is 114 Å². The van der Waals surface area contributed by atoms with Crippen molar-refractivity contribution in [2.24, 2.45) is 23.7 Å². The molecule has 0 saturated carbocycles. The smallest absolute Gasteiger partial charge is 0.313 e. The van der Waals surface area contributed by atoms with Crippen LogP contribution >= 0.6 is 0 Å². The first-order valence-corrected chi connectivity index (χ1v) is 23.3. The minimum absolute atomic E-state index is 0.0634. The van der Waals surface area contributed by atoms with E-state index in [1.165, 1.54) is 6.08 Å². The van der Waals surface area contributed by atoms with Crippen molar-refractivity contribution >= 4 is 34.8 Å². The molecular weight excluding hydrogens is 859 g/mol. The van der Waals surface area contributed by atoms with Gasteiger partial charge in [-0.3, -0.25) is 24.0 Å². The maximum absolute atomic E-state index is 13.2. The average Bonchev–Trinajstić information content (AvgIpc) is 3.24. The Kier molecular flexibility index (Phi) is 27.7. The lowest BCUT2D eigenvalue weighted by atomic mass is 9.83. The van der Waals surface area contributed by atoms with E-state index in [4.69, 9.17) is 10.5 Å². The number of aliphatic hydroxyl groups is 7. The molecule has 67 heavy (non-hydrogen) atoms. The SMILES string of the molecule is CC(CC(C)[C@H](O)CC(=O)c1ccc(N)cc1)C1OC(=O)CC(=O)CCCC(=O)C[C@@H](O)C[C@@H](O)C[C@@H](O)CC(=O)CC(O)C(C)C(O)C[C@H](O)/C=C/C=C/C=C/C=C/C=C/C=C/C=C/[C@@H]1C. The van der Waals surface area contributed by atoms with Crippen molar-refractivity contribution < 1.29 is 64.5 Å². The van der Waals surface area contributed by atoms with Crippen molar-refractivity contribution in [3.05, 3.63) is 115 Å². The third-order valence-corrected chi connectivity index (χ3v) is 11.7. The molecule has 6 unspecified atom stereocenters. The van der Waals surface area contributed by atoms with E-state index in [1.54, 1.807) is 55.5 Å². The summed E-state index contributed by atoms with van der Waals surface area (Å²) in [6, 6.07) is 6.47. The molecule has 1 aromatic carbocycles. The van der Waals surface area contributed by atoms with Crippen molar-refractivity contribution in [2.75, 3.05) is 5.73 Å². The maximum atomic E-state index is 13.2. The Labute approximate surface area is 396 Å². The van der Waals surface area contributed by atoms with Gasteiger partial charge < -0.3 is 46.2 Å². The molecule has 14 nitrogen and oxygen atoms in total. The van der Waals surface area contributed by atoms with Crippen LogP contribution in [0.4, 0.5) is 5.69 Å². The van der Waals surface area contributed by atoms with Gasteiger partial charge in [-0.05, 0) is 61.8 Å². The molecule has 14 heteroatoms. The second-order valence-corrected chi connectivity index (χ2v) is 18.0. The van der Waals surface area contributed by atoms with Crippen molar-refractivity contribution in [1.29, 1.82) is 0 Å². The number of cyclic esters (lactones) is 1. The van der Waals surface area contributed by atoms with Crippen LogP contribution in [0.25, 0.3) is 0 Å². The molecule has 0 spiro atoms. The predicted octanol–water partition coefficient (Wildman–Crippen LogP) is 5.73. The molecular formula is C53H75NO13. The summed E-state index contributed by atoms with van der Waals surface area (Å²) in [5, 5.41) is 73.8. The molecule has 1 aliphatic heterocycles. The van der Waals surface area contributed by atoms with Gasteiger partial charge in [0.1, 0.15) is 29.9 Å². The third-order valence-electron chi connectivity index (χ3n) is 11.7. The zero-order valence-electron chi connectivity index (χ0n) is 39.5. The summed E-state index contributed by atoms with van der Waals surface area (Å²) in [5.74, 6) is -4.01. The molecule has 0 aromatic heterocycles. The van der Waals surface area contributed by atoms with E-state index >= 15 is 0 Å². The first-order chi connectivity index (χ1) is 31.7. The molecule has 1 aromatic rings. The summed E-state index contributed by atoms with van der Waals surface area (Å²) >= 11 is 0. The number of aliphatic hydroxyl groups excluding tert-OH is 7. The van der Waals surface area contributed by atoms with Gasteiger partial charge in [-0.2, -0.15) is 0 Å². The van der Waals surface area contributed by atoms with E-state index in [1.807, 2.05) is 75.5 Å². The predicted molar refractivity (Wildman–Crippen MR) is 258 cm³/mol. The lowest BCUT2D eigenvalue weighted by Gasteiger charge is -2.31. The van der Waals surface area contributed by atoms with Crippen LogP contribution in [0.1, 0.15) is 115 Å². The Morgan fingerprint density at radius 1 is 0.657 bits per heavy atom. The van der Waals surface area contributed by atoms with E-state index in [0.717, 1.165) is 0 Å². The largest absolute Gasteiger partial charge is 0.461 e. The number of anilines is 1. The highest BCUT2D eigenvalue weighted by Gasteiger charge is 2.31. The van der Waals surface area contributed by atoms with Gasteiger partial charge in [-0.25, -0.2) is 0 Å². The number of nitrogen functional groups attached to an aromatic ring is 1. The monoisotopic (exact) mass is 934 g/mol. The normalized spacial score (nSPS) is 31.9. The quantitative estimate of drug-likeness (QED) is 0.0703. The summed E-state index contributed by atoms with van der Waals surface area (Å²) in [4.78, 5) is 64.1. The van der Waals surface area contributed by atoms with E-state index in [9.17, 15) is 59.7 Å². The van der Waals surface area contributed by atoms with Gasteiger partial charge in [0.25, 0.3) is 0 Å². The van der Waals surface area contributed by atoms with Crippen LogP contribution in [0.5, 0.6) is 0 Å². The number of rotatable bonds is 7. The molecule has 1 aliphatic rings. The minimum atomic E-state index is -1.29. The summed E-state index contributed by atoms with van der Waals surface area (Å²) in [6.45, 7) is 7.13. The Morgan fingerprint density at radius 2 is 1.16 bits per heavy atom. The van der Waals surface area contributed by atoms with Crippen molar-refractivity contribution in [2.45, 2.75) is 154 Å². The summed E-state index contributed by atoms with van der Waals surface area (Å²) in [7, 11) is 0. The number of carbonyl (C=O) groups is 5. The molecule has 370 valence electrons. The van der Waals surface area contributed by atoms with Crippen LogP contribution in [0, 0.1) is 23.7 Å². The highest BCUT2D eigenvalue weighted by molar-refractivity contribution is 5.97. The van der Waals surface area contributed by atoms with Crippen molar-refractivity contribution in [1.82, 2.24) is 0 Å². The zero-order valence-corrected chi connectivity index (χ0v) is 39.5. The number of benzene rings is 1. The van der Waals surface area contributed by atoms with E-state index in [-0.39, 0.29) is 87.1 Å². The Morgan fingerprint density at radius 3 is 1.73 bits per heavy atom. The molecule has 0 bridgehead atoms.